The molecule has 0 bridgehead atoms. The summed E-state index contributed by atoms with van der Waals surface area (Å²) in [6, 6.07) is 11.9. The fraction of sp³-hybridized carbons (Fsp3) is 0.286. The Morgan fingerprint density at radius 2 is 1.77 bits per heavy atom. The minimum absolute atomic E-state index is 0.0681. The van der Waals surface area contributed by atoms with E-state index in [4.69, 9.17) is 9.47 Å². The Labute approximate surface area is 152 Å². The van der Waals surface area contributed by atoms with Crippen LogP contribution >= 0.6 is 0 Å². The number of hydrogen-bond donors (Lipinski definition) is 2. The SMILES string of the molecule is COc1cc2c(cc1OC)[C@H](c1cc3cc(C)ccc3[nH]c1=O)NCC2. The first-order chi connectivity index (χ1) is 12.6. The van der Waals surface area contributed by atoms with Crippen LogP contribution in [0.15, 0.2) is 41.2 Å². The molecule has 134 valence electrons. The standard InChI is InChI=1S/C21H22N2O3/c1-12-4-5-17-14(8-12)9-16(21(24)23-17)20-15-11-19(26-3)18(25-2)10-13(15)6-7-22-20/h4-5,8-11,20,22H,6-7H2,1-3H3,(H,23,24)/t20-/m1/s1. The summed E-state index contributed by atoms with van der Waals surface area (Å²) in [6.45, 7) is 2.86. The molecular formula is C21H22N2O3. The highest BCUT2D eigenvalue weighted by Gasteiger charge is 2.26. The van der Waals surface area contributed by atoms with Crippen LogP contribution in [-0.4, -0.2) is 25.7 Å². The highest BCUT2D eigenvalue weighted by atomic mass is 16.5. The first-order valence-electron chi connectivity index (χ1n) is 8.72. The molecule has 2 aromatic carbocycles. The third-order valence-electron chi connectivity index (χ3n) is 5.04. The molecule has 4 rings (SSSR count). The van der Waals surface area contributed by atoms with Crippen molar-refractivity contribution >= 4 is 10.9 Å². The van der Waals surface area contributed by atoms with Gasteiger partial charge in [0, 0.05) is 17.6 Å². The second kappa shape index (κ2) is 6.50. The van der Waals surface area contributed by atoms with Crippen molar-refractivity contribution in [1.82, 2.24) is 10.3 Å². The minimum Gasteiger partial charge on any atom is -0.493 e. The number of pyridine rings is 1. The van der Waals surface area contributed by atoms with Gasteiger partial charge in [-0.3, -0.25) is 4.79 Å². The zero-order valence-electron chi connectivity index (χ0n) is 15.2. The van der Waals surface area contributed by atoms with Gasteiger partial charge >= 0.3 is 0 Å². The molecule has 26 heavy (non-hydrogen) atoms. The van der Waals surface area contributed by atoms with Gasteiger partial charge in [0.15, 0.2) is 11.5 Å². The smallest absolute Gasteiger partial charge is 0.253 e. The van der Waals surface area contributed by atoms with Crippen LogP contribution in [0.4, 0.5) is 0 Å². The highest BCUT2D eigenvalue weighted by molar-refractivity contribution is 5.80. The zero-order valence-corrected chi connectivity index (χ0v) is 15.2. The molecule has 0 radical (unpaired) electrons. The van der Waals surface area contributed by atoms with E-state index in [2.05, 4.69) is 23.3 Å². The van der Waals surface area contributed by atoms with Gasteiger partial charge < -0.3 is 19.8 Å². The molecule has 0 spiro atoms. The predicted octanol–water partition coefficient (Wildman–Crippen LogP) is 3.09. The molecule has 0 unspecified atom stereocenters. The van der Waals surface area contributed by atoms with Crippen molar-refractivity contribution < 1.29 is 9.47 Å². The van der Waals surface area contributed by atoms with Gasteiger partial charge in [0.2, 0.25) is 0 Å². The summed E-state index contributed by atoms with van der Waals surface area (Å²) in [5, 5.41) is 4.52. The number of hydrogen-bond acceptors (Lipinski definition) is 4. The fourth-order valence-electron chi connectivity index (χ4n) is 3.72. The van der Waals surface area contributed by atoms with E-state index in [-0.39, 0.29) is 11.6 Å². The van der Waals surface area contributed by atoms with Gasteiger partial charge in [-0.1, -0.05) is 11.6 Å². The molecule has 1 atom stereocenters. The molecule has 5 heteroatoms. The number of nitrogens with one attached hydrogen (secondary N) is 2. The Balaban J connectivity index is 1.89. The van der Waals surface area contributed by atoms with E-state index in [1.165, 1.54) is 11.1 Å². The maximum absolute atomic E-state index is 12.8. The van der Waals surface area contributed by atoms with Crippen LogP contribution < -0.4 is 20.3 Å². The Hall–Kier alpha value is -2.79. The van der Waals surface area contributed by atoms with Crippen molar-refractivity contribution in [2.45, 2.75) is 19.4 Å². The molecule has 3 aromatic rings. The number of methoxy groups -OCH3 is 2. The van der Waals surface area contributed by atoms with Gasteiger partial charge in [-0.15, -0.1) is 0 Å². The van der Waals surface area contributed by atoms with Gasteiger partial charge in [-0.2, -0.15) is 0 Å². The number of fused-ring (bicyclic) bond motifs is 2. The van der Waals surface area contributed by atoms with Crippen molar-refractivity contribution in [3.8, 4) is 11.5 Å². The molecular weight excluding hydrogens is 328 g/mol. The van der Waals surface area contributed by atoms with Crippen LogP contribution in [-0.2, 0) is 6.42 Å². The number of H-pyrrole nitrogens is 1. The van der Waals surface area contributed by atoms with E-state index >= 15 is 0 Å². The molecule has 0 fully saturated rings. The highest BCUT2D eigenvalue weighted by Crippen LogP contribution is 2.37. The van der Waals surface area contributed by atoms with Crippen LogP contribution in [0, 0.1) is 6.92 Å². The maximum atomic E-state index is 12.8. The summed E-state index contributed by atoms with van der Waals surface area (Å²) in [5.41, 5.74) is 4.91. The molecule has 0 saturated carbocycles. The van der Waals surface area contributed by atoms with Crippen LogP contribution in [0.2, 0.25) is 0 Å². The number of aromatic amines is 1. The molecule has 0 saturated heterocycles. The van der Waals surface area contributed by atoms with E-state index in [1.807, 2.05) is 30.3 Å². The second-order valence-electron chi connectivity index (χ2n) is 6.69. The lowest BCUT2D eigenvalue weighted by atomic mass is 9.89. The first-order valence-corrected chi connectivity index (χ1v) is 8.72. The van der Waals surface area contributed by atoms with E-state index in [0.717, 1.165) is 40.7 Å². The molecule has 2 heterocycles. The van der Waals surface area contributed by atoms with Crippen LogP contribution in [0.5, 0.6) is 11.5 Å². The predicted molar refractivity (Wildman–Crippen MR) is 102 cm³/mol. The summed E-state index contributed by atoms with van der Waals surface area (Å²) in [7, 11) is 3.26. The van der Waals surface area contributed by atoms with E-state index in [9.17, 15) is 4.79 Å². The summed E-state index contributed by atoms with van der Waals surface area (Å²) in [4.78, 5) is 15.8. The van der Waals surface area contributed by atoms with Gasteiger partial charge in [-0.25, -0.2) is 0 Å². The third-order valence-corrected chi connectivity index (χ3v) is 5.04. The topological polar surface area (TPSA) is 63.4 Å². The lowest BCUT2D eigenvalue weighted by Gasteiger charge is -2.28. The third kappa shape index (κ3) is 2.74. The summed E-state index contributed by atoms with van der Waals surface area (Å²) >= 11 is 0. The van der Waals surface area contributed by atoms with Crippen LogP contribution in [0.3, 0.4) is 0 Å². The van der Waals surface area contributed by atoms with Crippen molar-refractivity contribution in [2.24, 2.45) is 0 Å². The van der Waals surface area contributed by atoms with E-state index in [0.29, 0.717) is 5.75 Å². The average Bonchev–Trinajstić information content (AvgIpc) is 2.66. The summed E-state index contributed by atoms with van der Waals surface area (Å²) in [6.07, 6.45) is 0.886. The van der Waals surface area contributed by atoms with Gasteiger partial charge in [-0.05, 0) is 60.2 Å². The molecule has 0 aliphatic carbocycles. The number of ether oxygens (including phenoxy) is 2. The molecule has 1 aliphatic rings. The number of aromatic nitrogens is 1. The van der Waals surface area contributed by atoms with Crippen molar-refractivity contribution in [3.05, 3.63) is 69.0 Å². The molecule has 1 aliphatic heterocycles. The summed E-state index contributed by atoms with van der Waals surface area (Å²) in [5.74, 6) is 1.39. The molecule has 0 amide bonds. The summed E-state index contributed by atoms with van der Waals surface area (Å²) < 4.78 is 10.9. The Kier molecular flexibility index (Phi) is 4.17. The molecule has 2 N–H and O–H groups in total. The van der Waals surface area contributed by atoms with E-state index < -0.39 is 0 Å². The van der Waals surface area contributed by atoms with Gasteiger partial charge in [0.25, 0.3) is 5.56 Å². The molecule has 5 nitrogen and oxygen atoms in total. The fourth-order valence-corrected chi connectivity index (χ4v) is 3.72. The van der Waals surface area contributed by atoms with Crippen molar-refractivity contribution in [1.29, 1.82) is 0 Å². The Bertz CT molecular complexity index is 1040. The number of aryl methyl sites for hydroxylation is 1. The quantitative estimate of drug-likeness (QED) is 0.762. The Morgan fingerprint density at radius 3 is 2.54 bits per heavy atom. The lowest BCUT2D eigenvalue weighted by Crippen LogP contribution is -2.34. The molecule has 1 aromatic heterocycles. The average molecular weight is 350 g/mol. The van der Waals surface area contributed by atoms with Gasteiger partial charge in [0.05, 0.1) is 20.3 Å². The number of rotatable bonds is 3. The lowest BCUT2D eigenvalue weighted by molar-refractivity contribution is 0.353. The van der Waals surface area contributed by atoms with Gasteiger partial charge in [0.1, 0.15) is 0 Å². The van der Waals surface area contributed by atoms with Crippen LogP contribution in [0.25, 0.3) is 10.9 Å². The minimum atomic E-state index is -0.174. The Morgan fingerprint density at radius 1 is 1.00 bits per heavy atom. The van der Waals surface area contributed by atoms with Crippen LogP contribution in [0.1, 0.15) is 28.3 Å². The monoisotopic (exact) mass is 350 g/mol. The first kappa shape index (κ1) is 16.7. The second-order valence-corrected chi connectivity index (χ2v) is 6.69. The maximum Gasteiger partial charge on any atom is 0.253 e. The van der Waals surface area contributed by atoms with Crippen molar-refractivity contribution in [3.63, 3.8) is 0 Å². The number of benzene rings is 2. The largest absolute Gasteiger partial charge is 0.493 e. The van der Waals surface area contributed by atoms with E-state index in [1.54, 1.807) is 14.2 Å². The van der Waals surface area contributed by atoms with Crippen molar-refractivity contribution in [2.75, 3.05) is 20.8 Å². The zero-order chi connectivity index (χ0) is 18.3. The normalized spacial score (nSPS) is 16.3.